The molecule has 2 unspecified atom stereocenters. The molecule has 1 nitrogen and oxygen atoms in total. The lowest BCUT2D eigenvalue weighted by Gasteiger charge is -2.21. The van der Waals surface area contributed by atoms with Crippen molar-refractivity contribution in [2.75, 3.05) is 0 Å². The maximum Gasteiger partial charge on any atom is 0.0105 e. The molecule has 0 aliphatic carbocycles. The second-order valence-electron chi connectivity index (χ2n) is 4.10. The molecule has 2 atom stereocenters. The summed E-state index contributed by atoms with van der Waals surface area (Å²) in [6, 6.07) is 8.81. The van der Waals surface area contributed by atoms with Gasteiger partial charge in [0.15, 0.2) is 0 Å². The molecule has 0 spiro atoms. The average Bonchev–Trinajstić information content (AvgIpc) is 2.18. The number of rotatable bonds is 4. The fourth-order valence-electron chi connectivity index (χ4n) is 1.91. The summed E-state index contributed by atoms with van der Waals surface area (Å²) in [5.74, 6) is 0.469. The van der Waals surface area contributed by atoms with Crippen molar-refractivity contribution in [2.45, 2.75) is 45.6 Å². The van der Waals surface area contributed by atoms with Crippen LogP contribution in [0, 0.1) is 6.92 Å². The zero-order valence-corrected chi connectivity index (χ0v) is 9.46. The smallest absolute Gasteiger partial charge is 0.0105 e. The van der Waals surface area contributed by atoms with E-state index in [-0.39, 0.29) is 0 Å². The van der Waals surface area contributed by atoms with Gasteiger partial charge in [-0.3, -0.25) is 0 Å². The largest absolute Gasteiger partial charge is 0.327 e. The zero-order valence-electron chi connectivity index (χ0n) is 9.46. The van der Waals surface area contributed by atoms with E-state index in [1.807, 2.05) is 0 Å². The molecule has 1 rings (SSSR count). The van der Waals surface area contributed by atoms with E-state index in [0.717, 1.165) is 12.8 Å². The Morgan fingerprint density at radius 1 is 1.29 bits per heavy atom. The molecule has 0 aliphatic heterocycles. The fraction of sp³-hybridized carbons (Fsp3) is 0.538. The van der Waals surface area contributed by atoms with Crippen molar-refractivity contribution in [2.24, 2.45) is 5.73 Å². The highest BCUT2D eigenvalue weighted by molar-refractivity contribution is 5.29. The summed E-state index contributed by atoms with van der Waals surface area (Å²) < 4.78 is 0. The van der Waals surface area contributed by atoms with Crippen LogP contribution in [0.15, 0.2) is 24.3 Å². The van der Waals surface area contributed by atoms with Crippen molar-refractivity contribution in [1.29, 1.82) is 0 Å². The first-order valence-corrected chi connectivity index (χ1v) is 5.48. The highest BCUT2D eigenvalue weighted by Crippen LogP contribution is 2.23. The second-order valence-corrected chi connectivity index (χ2v) is 4.10. The maximum atomic E-state index is 6.13. The predicted octanol–water partition coefficient (Wildman–Crippen LogP) is 3.23. The SMILES string of the molecule is CCCC(N)C(C)c1ccccc1C. The molecule has 0 bridgehead atoms. The molecule has 0 radical (unpaired) electrons. The van der Waals surface area contributed by atoms with Gasteiger partial charge in [0.05, 0.1) is 0 Å². The Kier molecular flexibility index (Phi) is 4.15. The van der Waals surface area contributed by atoms with Gasteiger partial charge >= 0.3 is 0 Å². The van der Waals surface area contributed by atoms with Gasteiger partial charge in [0.25, 0.3) is 0 Å². The molecule has 0 saturated heterocycles. The first kappa shape index (κ1) is 11.3. The summed E-state index contributed by atoms with van der Waals surface area (Å²) in [7, 11) is 0. The third kappa shape index (κ3) is 2.58. The van der Waals surface area contributed by atoms with Crippen molar-refractivity contribution in [3.05, 3.63) is 35.4 Å². The van der Waals surface area contributed by atoms with E-state index in [4.69, 9.17) is 5.73 Å². The van der Waals surface area contributed by atoms with Crippen molar-refractivity contribution in [3.63, 3.8) is 0 Å². The molecule has 1 aromatic carbocycles. The summed E-state index contributed by atoms with van der Waals surface area (Å²) in [5, 5.41) is 0. The van der Waals surface area contributed by atoms with Gasteiger partial charge < -0.3 is 5.73 Å². The number of benzene rings is 1. The van der Waals surface area contributed by atoms with E-state index < -0.39 is 0 Å². The van der Waals surface area contributed by atoms with Crippen LogP contribution in [-0.2, 0) is 0 Å². The minimum absolute atomic E-state index is 0.293. The maximum absolute atomic E-state index is 6.13. The third-order valence-electron chi connectivity index (χ3n) is 2.94. The highest BCUT2D eigenvalue weighted by Gasteiger charge is 2.14. The number of aryl methyl sites for hydroxylation is 1. The van der Waals surface area contributed by atoms with E-state index in [9.17, 15) is 0 Å². The van der Waals surface area contributed by atoms with E-state index in [2.05, 4.69) is 45.0 Å². The van der Waals surface area contributed by atoms with E-state index in [0.29, 0.717) is 12.0 Å². The van der Waals surface area contributed by atoms with Gasteiger partial charge in [0, 0.05) is 6.04 Å². The lowest BCUT2D eigenvalue weighted by Crippen LogP contribution is -2.26. The third-order valence-corrected chi connectivity index (χ3v) is 2.94. The summed E-state index contributed by atoms with van der Waals surface area (Å²) in [4.78, 5) is 0. The molecule has 14 heavy (non-hydrogen) atoms. The van der Waals surface area contributed by atoms with Crippen LogP contribution in [0.5, 0.6) is 0 Å². The number of hydrogen-bond acceptors (Lipinski definition) is 1. The zero-order chi connectivity index (χ0) is 10.6. The van der Waals surface area contributed by atoms with Crippen LogP contribution in [0.1, 0.15) is 43.7 Å². The van der Waals surface area contributed by atoms with Gasteiger partial charge in [-0.05, 0) is 30.4 Å². The Labute approximate surface area is 87.3 Å². The molecule has 0 amide bonds. The molecule has 0 heterocycles. The van der Waals surface area contributed by atoms with Crippen molar-refractivity contribution in [3.8, 4) is 0 Å². The molecular weight excluding hydrogens is 170 g/mol. The molecule has 0 saturated carbocycles. The first-order chi connectivity index (χ1) is 6.66. The van der Waals surface area contributed by atoms with E-state index >= 15 is 0 Å². The van der Waals surface area contributed by atoms with Gasteiger partial charge in [0.2, 0.25) is 0 Å². The normalized spacial score (nSPS) is 15.1. The topological polar surface area (TPSA) is 26.0 Å². The molecule has 0 aliphatic rings. The Hall–Kier alpha value is -0.820. The van der Waals surface area contributed by atoms with Gasteiger partial charge in [-0.1, -0.05) is 44.5 Å². The Balaban J connectivity index is 2.78. The van der Waals surface area contributed by atoms with Crippen molar-refractivity contribution in [1.82, 2.24) is 0 Å². The summed E-state index contributed by atoms with van der Waals surface area (Å²) in [5.41, 5.74) is 8.88. The standard InChI is InChI=1S/C13H21N/c1-4-7-13(14)11(3)12-9-6-5-8-10(12)2/h5-6,8-9,11,13H,4,7,14H2,1-3H3. The minimum Gasteiger partial charge on any atom is -0.327 e. The van der Waals surface area contributed by atoms with Crippen LogP contribution in [0.25, 0.3) is 0 Å². The van der Waals surface area contributed by atoms with Gasteiger partial charge in [-0.25, -0.2) is 0 Å². The monoisotopic (exact) mass is 191 g/mol. The second kappa shape index (κ2) is 5.16. The van der Waals surface area contributed by atoms with Gasteiger partial charge in [-0.2, -0.15) is 0 Å². The average molecular weight is 191 g/mol. The molecule has 78 valence electrons. The van der Waals surface area contributed by atoms with Crippen LogP contribution in [-0.4, -0.2) is 6.04 Å². The van der Waals surface area contributed by atoms with Crippen LogP contribution in [0.2, 0.25) is 0 Å². The molecule has 2 N–H and O–H groups in total. The first-order valence-electron chi connectivity index (χ1n) is 5.48. The quantitative estimate of drug-likeness (QED) is 0.777. The minimum atomic E-state index is 0.293. The Bertz CT molecular complexity index is 280. The van der Waals surface area contributed by atoms with Gasteiger partial charge in [-0.15, -0.1) is 0 Å². The summed E-state index contributed by atoms with van der Waals surface area (Å²) in [6.07, 6.45) is 2.27. The highest BCUT2D eigenvalue weighted by atomic mass is 14.6. The molecule has 1 aromatic rings. The molecule has 1 heteroatoms. The van der Waals surface area contributed by atoms with Crippen molar-refractivity contribution < 1.29 is 0 Å². The van der Waals surface area contributed by atoms with E-state index in [1.54, 1.807) is 0 Å². The lowest BCUT2D eigenvalue weighted by molar-refractivity contribution is 0.521. The van der Waals surface area contributed by atoms with Gasteiger partial charge in [0.1, 0.15) is 0 Å². The Morgan fingerprint density at radius 3 is 2.50 bits per heavy atom. The molecule has 0 fully saturated rings. The number of nitrogens with two attached hydrogens (primary N) is 1. The predicted molar refractivity (Wildman–Crippen MR) is 62.5 cm³/mol. The van der Waals surface area contributed by atoms with Crippen LogP contribution < -0.4 is 5.73 Å². The fourth-order valence-corrected chi connectivity index (χ4v) is 1.91. The summed E-state index contributed by atoms with van der Waals surface area (Å²) >= 11 is 0. The molecular formula is C13H21N. The van der Waals surface area contributed by atoms with Crippen molar-refractivity contribution >= 4 is 0 Å². The van der Waals surface area contributed by atoms with Crippen LogP contribution in [0.3, 0.4) is 0 Å². The van der Waals surface area contributed by atoms with Crippen LogP contribution >= 0.6 is 0 Å². The Morgan fingerprint density at radius 2 is 1.93 bits per heavy atom. The van der Waals surface area contributed by atoms with E-state index in [1.165, 1.54) is 11.1 Å². The van der Waals surface area contributed by atoms with Crippen LogP contribution in [0.4, 0.5) is 0 Å². The summed E-state index contributed by atoms with van der Waals surface area (Å²) in [6.45, 7) is 6.57. The number of hydrogen-bond donors (Lipinski definition) is 1. The molecule has 0 aromatic heterocycles. The lowest BCUT2D eigenvalue weighted by atomic mass is 9.88.